The molecule has 0 spiro atoms. The first kappa shape index (κ1) is 17.9. The van der Waals surface area contributed by atoms with Crippen LogP contribution in [0.1, 0.15) is 63.0 Å². The van der Waals surface area contributed by atoms with Crippen molar-refractivity contribution in [3.8, 4) is 0 Å². The number of aryl methyl sites for hydroxylation is 2. The molecule has 1 aliphatic carbocycles. The quantitative estimate of drug-likeness (QED) is 0.414. The van der Waals surface area contributed by atoms with E-state index in [0.717, 1.165) is 59.9 Å². The molecule has 3 heteroatoms. The van der Waals surface area contributed by atoms with Gasteiger partial charge in [-0.05, 0) is 42.7 Å². The molecule has 3 aromatic rings. The predicted molar refractivity (Wildman–Crippen MR) is 108 cm³/mol. The van der Waals surface area contributed by atoms with Gasteiger partial charge in [-0.15, -0.1) is 11.3 Å². The van der Waals surface area contributed by atoms with Crippen LogP contribution in [0.5, 0.6) is 0 Å². The number of hydrogen-bond donors (Lipinski definition) is 0. The summed E-state index contributed by atoms with van der Waals surface area (Å²) in [5, 5.41) is 1.71. The van der Waals surface area contributed by atoms with Crippen molar-refractivity contribution in [3.05, 3.63) is 47.0 Å². The predicted octanol–water partition coefficient (Wildman–Crippen LogP) is 7.80. The number of fused-ring (bicyclic) bond motifs is 3. The highest BCUT2D eigenvalue weighted by atomic mass is 32.1. The summed E-state index contributed by atoms with van der Waals surface area (Å²) in [6.45, 7) is 2.11. The zero-order valence-corrected chi connectivity index (χ0v) is 16.2. The lowest BCUT2D eigenvalue weighted by molar-refractivity contribution is 0.496. The molecule has 0 saturated heterocycles. The molecule has 0 atom stereocenters. The van der Waals surface area contributed by atoms with Crippen molar-refractivity contribution in [2.45, 2.75) is 64.7 Å². The van der Waals surface area contributed by atoms with Crippen molar-refractivity contribution in [1.29, 1.82) is 0 Å². The molecule has 2 aromatic carbocycles. The average molecular weight is 373 g/mol. The summed E-state index contributed by atoms with van der Waals surface area (Å²) in [5.74, 6) is 0.478. The number of unbranched alkanes of at least 4 members (excludes halogenated alkanes) is 1. The molecule has 0 nitrogen and oxygen atoms in total. The van der Waals surface area contributed by atoms with E-state index in [1.807, 2.05) is 24.3 Å². The van der Waals surface area contributed by atoms with Gasteiger partial charge < -0.3 is 0 Å². The van der Waals surface area contributed by atoms with E-state index >= 15 is 4.39 Å². The van der Waals surface area contributed by atoms with Crippen LogP contribution < -0.4 is 0 Å². The summed E-state index contributed by atoms with van der Waals surface area (Å²) in [7, 11) is 0. The number of hydrogen-bond acceptors (Lipinski definition) is 1. The summed E-state index contributed by atoms with van der Waals surface area (Å²) < 4.78 is 31.2. The van der Waals surface area contributed by atoms with E-state index in [2.05, 4.69) is 6.92 Å². The van der Waals surface area contributed by atoms with E-state index in [9.17, 15) is 4.39 Å². The van der Waals surface area contributed by atoms with Crippen LogP contribution in [0.3, 0.4) is 0 Å². The van der Waals surface area contributed by atoms with Crippen molar-refractivity contribution >= 4 is 31.5 Å². The van der Waals surface area contributed by atoms with Crippen molar-refractivity contribution in [2.24, 2.45) is 5.92 Å². The minimum Gasteiger partial charge on any atom is -0.205 e. The van der Waals surface area contributed by atoms with Crippen LogP contribution >= 0.6 is 11.3 Å². The molecule has 138 valence electrons. The van der Waals surface area contributed by atoms with Crippen LogP contribution in [0.15, 0.2) is 24.3 Å². The fraction of sp³-hybridized carbons (Fsp3) is 0.478. The van der Waals surface area contributed by atoms with Gasteiger partial charge in [0.05, 0.1) is 9.40 Å². The molecule has 1 saturated carbocycles. The maximum Gasteiger partial charge on any atom is 0.144 e. The van der Waals surface area contributed by atoms with E-state index in [4.69, 9.17) is 0 Å². The average Bonchev–Trinajstić information content (AvgIpc) is 3.29. The molecule has 1 fully saturated rings. The zero-order chi connectivity index (χ0) is 18.1. The minimum absolute atomic E-state index is 0.129. The summed E-state index contributed by atoms with van der Waals surface area (Å²) in [6, 6.07) is 7.76. The Morgan fingerprint density at radius 3 is 2.04 bits per heavy atom. The molecule has 1 aromatic heterocycles. The summed E-state index contributed by atoms with van der Waals surface area (Å²) in [5.41, 5.74) is 1.55. The molecule has 0 radical (unpaired) electrons. The Morgan fingerprint density at radius 2 is 1.46 bits per heavy atom. The molecule has 1 aliphatic rings. The van der Waals surface area contributed by atoms with Gasteiger partial charge in [0.15, 0.2) is 0 Å². The first-order valence-corrected chi connectivity index (χ1v) is 10.8. The third-order valence-electron chi connectivity index (χ3n) is 5.94. The van der Waals surface area contributed by atoms with E-state index in [0.29, 0.717) is 9.40 Å². The number of benzene rings is 2. The standard InChI is InChI=1S/C23H26F2S/c1-2-3-8-16-11-13-18-19-14-12-17(10-9-15-6-4-5-7-15)21(25)23(19)26-22(18)20(16)24/h11-15H,2-10H2,1H3. The van der Waals surface area contributed by atoms with Crippen LogP contribution in [-0.2, 0) is 12.8 Å². The monoisotopic (exact) mass is 372 g/mol. The van der Waals surface area contributed by atoms with Gasteiger partial charge in [0, 0.05) is 10.8 Å². The molecular weight excluding hydrogens is 346 g/mol. The van der Waals surface area contributed by atoms with Gasteiger partial charge >= 0.3 is 0 Å². The van der Waals surface area contributed by atoms with Crippen LogP contribution in [0.25, 0.3) is 20.2 Å². The van der Waals surface area contributed by atoms with Crippen LogP contribution in [-0.4, -0.2) is 0 Å². The normalized spacial score (nSPS) is 15.5. The van der Waals surface area contributed by atoms with Gasteiger partial charge in [0.1, 0.15) is 11.6 Å². The molecule has 26 heavy (non-hydrogen) atoms. The Bertz CT molecular complexity index is 919. The second-order valence-corrected chi connectivity index (χ2v) is 8.75. The summed E-state index contributed by atoms with van der Waals surface area (Å²) >= 11 is 1.28. The second-order valence-electron chi connectivity index (χ2n) is 7.73. The SMILES string of the molecule is CCCCc1ccc2c(sc3c(F)c(CCC4CCCC4)ccc32)c1F. The molecule has 1 heterocycles. The first-order valence-electron chi connectivity index (χ1n) is 10.00. The maximum absolute atomic E-state index is 15.1. The Balaban J connectivity index is 1.69. The van der Waals surface area contributed by atoms with Crippen molar-refractivity contribution in [3.63, 3.8) is 0 Å². The highest BCUT2D eigenvalue weighted by Crippen LogP contribution is 2.39. The Morgan fingerprint density at radius 1 is 0.885 bits per heavy atom. The third kappa shape index (κ3) is 3.26. The fourth-order valence-electron chi connectivity index (χ4n) is 4.33. The molecule has 4 rings (SSSR count). The summed E-state index contributed by atoms with van der Waals surface area (Å²) in [6.07, 6.45) is 9.87. The lowest BCUT2D eigenvalue weighted by Crippen LogP contribution is -1.98. The number of rotatable bonds is 6. The molecular formula is C23H26F2S. The molecule has 0 aliphatic heterocycles. The van der Waals surface area contributed by atoms with Gasteiger partial charge in [-0.2, -0.15) is 0 Å². The topological polar surface area (TPSA) is 0 Å². The molecule has 0 bridgehead atoms. The van der Waals surface area contributed by atoms with Crippen molar-refractivity contribution in [2.75, 3.05) is 0 Å². The van der Waals surface area contributed by atoms with E-state index in [1.165, 1.54) is 37.0 Å². The lowest BCUT2D eigenvalue weighted by atomic mass is 9.97. The fourth-order valence-corrected chi connectivity index (χ4v) is 5.55. The van der Waals surface area contributed by atoms with Crippen LogP contribution in [0.4, 0.5) is 8.78 Å². The number of thiophene rings is 1. The molecule has 0 unspecified atom stereocenters. The number of halogens is 2. The summed E-state index contributed by atoms with van der Waals surface area (Å²) in [4.78, 5) is 0. The van der Waals surface area contributed by atoms with E-state index in [-0.39, 0.29) is 11.6 Å². The van der Waals surface area contributed by atoms with E-state index in [1.54, 1.807) is 0 Å². The highest BCUT2D eigenvalue weighted by Gasteiger charge is 2.19. The van der Waals surface area contributed by atoms with Crippen LogP contribution in [0, 0.1) is 17.6 Å². The van der Waals surface area contributed by atoms with Crippen LogP contribution in [0.2, 0.25) is 0 Å². The van der Waals surface area contributed by atoms with Gasteiger partial charge in [-0.3, -0.25) is 0 Å². The largest absolute Gasteiger partial charge is 0.205 e. The van der Waals surface area contributed by atoms with Crippen molar-refractivity contribution < 1.29 is 8.78 Å². The van der Waals surface area contributed by atoms with Gasteiger partial charge in [0.2, 0.25) is 0 Å². The van der Waals surface area contributed by atoms with Gasteiger partial charge in [-0.25, -0.2) is 8.78 Å². The third-order valence-corrected chi connectivity index (χ3v) is 7.15. The smallest absolute Gasteiger partial charge is 0.144 e. The minimum atomic E-state index is -0.149. The molecule has 0 amide bonds. The lowest BCUT2D eigenvalue weighted by Gasteiger charge is -2.09. The van der Waals surface area contributed by atoms with E-state index < -0.39 is 0 Å². The Hall–Kier alpha value is -1.48. The first-order chi connectivity index (χ1) is 12.7. The van der Waals surface area contributed by atoms with Gasteiger partial charge in [-0.1, -0.05) is 63.3 Å². The van der Waals surface area contributed by atoms with Crippen molar-refractivity contribution in [1.82, 2.24) is 0 Å². The highest BCUT2D eigenvalue weighted by molar-refractivity contribution is 7.25. The second kappa shape index (κ2) is 7.64. The maximum atomic E-state index is 15.1. The van der Waals surface area contributed by atoms with Gasteiger partial charge in [0.25, 0.3) is 0 Å². The Kier molecular flexibility index (Phi) is 5.26. The molecule has 0 N–H and O–H groups in total. The zero-order valence-electron chi connectivity index (χ0n) is 15.4. The Labute approximate surface area is 158 Å².